The molecule has 0 spiro atoms. The van der Waals surface area contributed by atoms with E-state index in [-0.39, 0.29) is 6.61 Å². The highest BCUT2D eigenvalue weighted by Gasteiger charge is 2.63. The minimum Gasteiger partial charge on any atom is -0.379 e. The second kappa shape index (κ2) is 5.78. The van der Waals surface area contributed by atoms with Gasteiger partial charge in [0.1, 0.15) is 0 Å². The van der Waals surface area contributed by atoms with Crippen molar-refractivity contribution in [2.45, 2.75) is 31.5 Å². The third kappa shape index (κ3) is 3.60. The van der Waals surface area contributed by atoms with Crippen LogP contribution in [0, 0.1) is 0 Å². The van der Waals surface area contributed by atoms with E-state index in [1.807, 2.05) is 6.92 Å². The molecule has 0 aliphatic heterocycles. The molecule has 0 saturated heterocycles. The monoisotopic (exact) mass is 289 g/mol. The highest BCUT2D eigenvalue weighted by atomic mass is 19.4. The van der Waals surface area contributed by atoms with Crippen molar-refractivity contribution in [1.82, 2.24) is 10.1 Å². The van der Waals surface area contributed by atoms with Crippen molar-refractivity contribution in [3.05, 3.63) is 11.7 Å². The van der Waals surface area contributed by atoms with Gasteiger partial charge in [0.2, 0.25) is 0 Å². The van der Waals surface area contributed by atoms with E-state index in [0.717, 1.165) is 0 Å². The Morgan fingerprint density at radius 2 is 1.95 bits per heavy atom. The normalized spacial score (nSPS) is 14.7. The van der Waals surface area contributed by atoms with Crippen molar-refractivity contribution >= 4 is 0 Å². The first-order chi connectivity index (χ1) is 8.70. The van der Waals surface area contributed by atoms with E-state index in [1.165, 1.54) is 0 Å². The van der Waals surface area contributed by atoms with Crippen LogP contribution in [0.1, 0.15) is 31.1 Å². The topological polar surface area (TPSA) is 74.2 Å². The highest BCUT2D eigenvalue weighted by Crippen LogP contribution is 2.43. The lowest BCUT2D eigenvalue weighted by atomic mass is 10.3. The van der Waals surface area contributed by atoms with E-state index in [2.05, 4.69) is 14.7 Å². The van der Waals surface area contributed by atoms with E-state index in [4.69, 9.17) is 10.5 Å². The summed E-state index contributed by atoms with van der Waals surface area (Å²) in [5, 5.41) is 3.00. The van der Waals surface area contributed by atoms with Gasteiger partial charge in [0.15, 0.2) is 5.82 Å². The number of hydrogen-bond acceptors (Lipinski definition) is 5. The molecule has 10 heteroatoms. The molecule has 1 heterocycles. The van der Waals surface area contributed by atoms with Gasteiger partial charge in [0, 0.05) is 6.61 Å². The zero-order valence-corrected chi connectivity index (χ0v) is 9.88. The fraction of sp³-hybridized carbons (Fsp3) is 0.778. The summed E-state index contributed by atoms with van der Waals surface area (Å²) in [6, 6.07) is -1.03. The molecule has 1 atom stereocenters. The zero-order chi connectivity index (χ0) is 14.7. The largest absolute Gasteiger partial charge is 0.463 e. The Kier molecular flexibility index (Phi) is 4.80. The molecular weight excluding hydrogens is 277 g/mol. The number of nitrogens with two attached hydrogens (primary N) is 1. The van der Waals surface area contributed by atoms with E-state index in [0.29, 0.717) is 13.0 Å². The molecule has 0 fully saturated rings. The summed E-state index contributed by atoms with van der Waals surface area (Å²) in [4.78, 5) is 2.97. The quantitative estimate of drug-likeness (QED) is 0.641. The number of aromatic nitrogens is 2. The number of nitrogens with zero attached hydrogens (tertiary/aromatic N) is 2. The van der Waals surface area contributed by atoms with Gasteiger partial charge in [-0.15, -0.1) is 0 Å². The van der Waals surface area contributed by atoms with Crippen LogP contribution in [-0.2, 0) is 10.7 Å². The van der Waals surface area contributed by atoms with Crippen LogP contribution in [0.2, 0.25) is 0 Å². The maximum atomic E-state index is 12.9. The van der Waals surface area contributed by atoms with Gasteiger partial charge >= 0.3 is 18.0 Å². The van der Waals surface area contributed by atoms with Crippen molar-refractivity contribution in [3.63, 3.8) is 0 Å². The lowest BCUT2D eigenvalue weighted by Crippen LogP contribution is -2.34. The molecule has 0 aliphatic rings. The fourth-order valence-corrected chi connectivity index (χ4v) is 1.06. The molecule has 1 aromatic rings. The zero-order valence-electron chi connectivity index (χ0n) is 9.88. The van der Waals surface area contributed by atoms with Gasteiger partial charge in [-0.05, 0) is 6.42 Å². The van der Waals surface area contributed by atoms with Gasteiger partial charge in [-0.25, -0.2) is 0 Å². The molecule has 1 unspecified atom stereocenters. The number of alkyl halides is 5. The highest BCUT2D eigenvalue weighted by molar-refractivity contribution is 5.00. The molecule has 0 aliphatic carbocycles. The van der Waals surface area contributed by atoms with E-state index < -0.39 is 29.9 Å². The molecule has 1 rings (SSSR count). The summed E-state index contributed by atoms with van der Waals surface area (Å²) in [5.74, 6) is -7.50. The van der Waals surface area contributed by atoms with Crippen LogP contribution in [0.4, 0.5) is 22.0 Å². The van der Waals surface area contributed by atoms with Crippen LogP contribution in [-0.4, -0.2) is 29.5 Å². The Morgan fingerprint density at radius 3 is 2.47 bits per heavy atom. The van der Waals surface area contributed by atoms with Crippen LogP contribution in [0.3, 0.4) is 0 Å². The van der Waals surface area contributed by atoms with Crippen molar-refractivity contribution in [1.29, 1.82) is 0 Å². The third-order valence-electron chi connectivity index (χ3n) is 2.04. The Labute approximate surface area is 104 Å². The predicted molar refractivity (Wildman–Crippen MR) is 52.3 cm³/mol. The minimum absolute atomic E-state index is 0.107. The second-order valence-electron chi connectivity index (χ2n) is 3.71. The number of hydrogen-bond donors (Lipinski definition) is 1. The number of ether oxygens (including phenoxy) is 1. The predicted octanol–water partition coefficient (Wildman–Crippen LogP) is 2.15. The SMILES string of the molecule is CCCOCC(N)c1noc(C(F)(F)C(F)(F)F)n1. The summed E-state index contributed by atoms with van der Waals surface area (Å²) >= 11 is 0. The van der Waals surface area contributed by atoms with Crippen molar-refractivity contribution in [2.24, 2.45) is 5.73 Å². The van der Waals surface area contributed by atoms with Crippen molar-refractivity contribution in [3.8, 4) is 0 Å². The summed E-state index contributed by atoms with van der Waals surface area (Å²) in [6.45, 7) is 2.10. The smallest absolute Gasteiger partial charge is 0.379 e. The van der Waals surface area contributed by atoms with Gasteiger partial charge in [0.05, 0.1) is 12.6 Å². The van der Waals surface area contributed by atoms with E-state index >= 15 is 0 Å². The first-order valence-electron chi connectivity index (χ1n) is 5.32. The third-order valence-corrected chi connectivity index (χ3v) is 2.04. The van der Waals surface area contributed by atoms with Crippen molar-refractivity contribution < 1.29 is 31.2 Å². The van der Waals surface area contributed by atoms with Crippen molar-refractivity contribution in [2.75, 3.05) is 13.2 Å². The number of halogens is 5. The summed E-state index contributed by atoms with van der Waals surface area (Å²) in [6.07, 6.45) is -5.10. The van der Waals surface area contributed by atoms with Crippen LogP contribution in [0.5, 0.6) is 0 Å². The van der Waals surface area contributed by atoms with Gasteiger partial charge in [-0.2, -0.15) is 26.9 Å². The summed E-state index contributed by atoms with van der Waals surface area (Å²) < 4.78 is 70.8. The lowest BCUT2D eigenvalue weighted by molar-refractivity contribution is -0.298. The lowest BCUT2D eigenvalue weighted by Gasteiger charge is -2.14. The molecule has 0 saturated carbocycles. The Hall–Kier alpha value is -1.29. The first kappa shape index (κ1) is 15.8. The molecule has 0 bridgehead atoms. The van der Waals surface area contributed by atoms with Gasteiger partial charge in [0.25, 0.3) is 0 Å². The van der Waals surface area contributed by atoms with Crippen LogP contribution < -0.4 is 5.73 Å². The van der Waals surface area contributed by atoms with Crippen LogP contribution in [0.15, 0.2) is 4.52 Å². The molecule has 1 aromatic heterocycles. The molecule has 2 N–H and O–H groups in total. The average molecular weight is 289 g/mol. The van der Waals surface area contributed by atoms with Gasteiger partial charge in [-0.1, -0.05) is 12.1 Å². The minimum atomic E-state index is -5.81. The standard InChI is InChI=1S/C9H12F5N3O2/c1-2-3-18-4-5(15)6-16-7(19-17-6)8(10,11)9(12,13)14/h5H,2-4,15H2,1H3. The molecule has 0 aromatic carbocycles. The first-order valence-corrected chi connectivity index (χ1v) is 5.32. The van der Waals surface area contributed by atoms with Crippen LogP contribution in [0.25, 0.3) is 0 Å². The average Bonchev–Trinajstić information content (AvgIpc) is 2.77. The molecule has 5 nitrogen and oxygen atoms in total. The Balaban J connectivity index is 2.77. The molecule has 0 radical (unpaired) electrons. The van der Waals surface area contributed by atoms with Gasteiger partial charge in [-0.3, -0.25) is 0 Å². The molecule has 19 heavy (non-hydrogen) atoms. The van der Waals surface area contributed by atoms with Gasteiger partial charge < -0.3 is 15.0 Å². The summed E-state index contributed by atoms with van der Waals surface area (Å²) in [7, 11) is 0. The maximum Gasteiger partial charge on any atom is 0.463 e. The molecular formula is C9H12F5N3O2. The number of rotatable bonds is 6. The summed E-state index contributed by atoms with van der Waals surface area (Å²) in [5.41, 5.74) is 5.47. The Bertz CT molecular complexity index is 407. The molecule has 110 valence electrons. The maximum absolute atomic E-state index is 12.9. The van der Waals surface area contributed by atoms with E-state index in [1.54, 1.807) is 0 Å². The van der Waals surface area contributed by atoms with E-state index in [9.17, 15) is 22.0 Å². The van der Waals surface area contributed by atoms with Crippen LogP contribution >= 0.6 is 0 Å². The fourth-order valence-electron chi connectivity index (χ4n) is 1.06. The molecule has 0 amide bonds. The second-order valence-corrected chi connectivity index (χ2v) is 3.71. The Morgan fingerprint density at radius 1 is 1.32 bits per heavy atom.